The average molecular weight is 735 g/mol. The van der Waals surface area contributed by atoms with Crippen LogP contribution in [-0.2, 0) is 49.3 Å². The first-order valence-corrected chi connectivity index (χ1v) is 18.2. The maximum atomic E-state index is 13.1. The Balaban J connectivity index is 1.76. The van der Waals surface area contributed by atoms with E-state index in [9.17, 15) is 49.5 Å². The third-order valence-electron chi connectivity index (χ3n) is 9.82. The van der Waals surface area contributed by atoms with Gasteiger partial charge in [-0.3, -0.25) is 9.59 Å². The second kappa shape index (κ2) is 19.3. The number of aryl methyl sites for hydroxylation is 1. The zero-order valence-electron chi connectivity index (χ0n) is 30.2. The first-order valence-electron chi connectivity index (χ1n) is 18.2. The van der Waals surface area contributed by atoms with Gasteiger partial charge >= 0.3 is 29.8 Å². The number of esters is 2. The Kier molecular flexibility index (Phi) is 15.8. The maximum absolute atomic E-state index is 13.1. The molecule has 52 heavy (non-hydrogen) atoms. The number of aliphatic hydroxyl groups is 2. The number of unbranched alkanes of at least 4 members (excludes halogenated alkanes) is 4. The van der Waals surface area contributed by atoms with Crippen LogP contribution >= 0.6 is 0 Å². The van der Waals surface area contributed by atoms with Crippen LogP contribution in [0.5, 0.6) is 0 Å². The molecule has 14 heteroatoms. The van der Waals surface area contributed by atoms with E-state index in [-0.39, 0.29) is 31.6 Å². The van der Waals surface area contributed by atoms with Gasteiger partial charge < -0.3 is 44.5 Å². The molecule has 5 N–H and O–H groups in total. The van der Waals surface area contributed by atoms with Crippen molar-refractivity contribution in [3.05, 3.63) is 48.0 Å². The molecule has 0 aliphatic carbocycles. The molecule has 1 aromatic rings. The van der Waals surface area contributed by atoms with Crippen LogP contribution in [0.2, 0.25) is 0 Å². The molecule has 290 valence electrons. The molecule has 0 spiro atoms. The van der Waals surface area contributed by atoms with Crippen LogP contribution in [0.3, 0.4) is 0 Å². The van der Waals surface area contributed by atoms with Gasteiger partial charge in [-0.2, -0.15) is 0 Å². The Morgan fingerprint density at radius 2 is 1.60 bits per heavy atom. The molecular weight excluding hydrogens is 680 g/mol. The summed E-state index contributed by atoms with van der Waals surface area (Å²) in [4.78, 5) is 62.7. The van der Waals surface area contributed by atoms with Crippen molar-refractivity contribution in [2.24, 2.45) is 5.92 Å². The Bertz CT molecular complexity index is 1400. The van der Waals surface area contributed by atoms with Gasteiger partial charge in [0.05, 0.1) is 0 Å². The fraction of sp³-hybridized carbons (Fsp3) is 0.658. The molecule has 1 aromatic carbocycles. The van der Waals surface area contributed by atoms with Crippen LogP contribution in [0.1, 0.15) is 110 Å². The first kappa shape index (κ1) is 42.6. The van der Waals surface area contributed by atoms with Crippen molar-refractivity contribution in [3.63, 3.8) is 0 Å². The van der Waals surface area contributed by atoms with Crippen LogP contribution in [0.15, 0.2) is 42.5 Å². The average Bonchev–Trinajstić information content (AvgIpc) is 3.30. The highest BCUT2D eigenvalue weighted by atomic mass is 16.8. The molecule has 0 radical (unpaired) electrons. The van der Waals surface area contributed by atoms with Crippen LogP contribution in [0.25, 0.3) is 0 Å². The van der Waals surface area contributed by atoms with Crippen LogP contribution in [0, 0.1) is 5.92 Å². The summed E-state index contributed by atoms with van der Waals surface area (Å²) < 4.78 is 22.0. The zero-order chi connectivity index (χ0) is 38.5. The lowest BCUT2D eigenvalue weighted by molar-refractivity contribution is -0.374. The summed E-state index contributed by atoms with van der Waals surface area (Å²) in [5, 5.41) is 53.4. The second-order valence-corrected chi connectivity index (χ2v) is 13.9. The Labute approximate surface area is 304 Å². The molecule has 2 aliphatic rings. The van der Waals surface area contributed by atoms with E-state index in [1.807, 2.05) is 31.2 Å². The summed E-state index contributed by atoms with van der Waals surface area (Å²) in [5.74, 6) is -10.5. The topological polar surface area (TPSA) is 223 Å². The summed E-state index contributed by atoms with van der Waals surface area (Å²) in [7, 11) is 0. The molecule has 2 heterocycles. The normalized spacial score (nSPS) is 27.9. The molecule has 3 unspecified atom stereocenters. The van der Waals surface area contributed by atoms with E-state index in [1.54, 1.807) is 6.08 Å². The lowest BCUT2D eigenvalue weighted by atomic mass is 9.74. The van der Waals surface area contributed by atoms with Crippen molar-refractivity contribution < 1.29 is 68.5 Å². The maximum Gasteiger partial charge on any atom is 0.344 e. The molecule has 2 bridgehead atoms. The van der Waals surface area contributed by atoms with Gasteiger partial charge in [-0.25, -0.2) is 14.4 Å². The molecular formula is C38H54O14. The first-order chi connectivity index (χ1) is 24.6. The number of carbonyl (C=O) groups excluding carboxylic acids is 2. The third-order valence-corrected chi connectivity index (χ3v) is 9.82. The summed E-state index contributed by atoms with van der Waals surface area (Å²) >= 11 is 0. The van der Waals surface area contributed by atoms with E-state index in [1.165, 1.54) is 12.5 Å². The predicted octanol–water partition coefficient (Wildman–Crippen LogP) is 4.57. The number of carbonyl (C=O) groups is 5. The predicted molar refractivity (Wildman–Crippen MR) is 185 cm³/mol. The minimum atomic E-state index is -3.84. The number of allylic oxidation sites excluding steroid dienone is 2. The number of ether oxygens (including phenoxy) is 4. The number of fused-ring (bicyclic) bond motifs is 2. The lowest BCUT2D eigenvalue weighted by Crippen LogP contribution is -2.78. The molecule has 0 aromatic heterocycles. The van der Waals surface area contributed by atoms with Crippen molar-refractivity contribution >= 4 is 29.8 Å². The minimum absolute atomic E-state index is 0.0203. The number of hydrogen-bond donors (Lipinski definition) is 5. The Hall–Kier alpha value is -3.85. The SMILES string of the molecule is CCCCCCCC(CCCC12O[C@H](C(=O)O)[C@@](O)(C(=O)O)C(C(=O)O)(O1)[C@H](OC(=O)CC/C=C/[C@@H](C)CCCc1ccccc1)[C@H]2O)OC(C)=O. The van der Waals surface area contributed by atoms with Crippen molar-refractivity contribution in [2.45, 2.75) is 152 Å². The monoisotopic (exact) mass is 734 g/mol. The smallest absolute Gasteiger partial charge is 0.344 e. The highest BCUT2D eigenvalue weighted by molar-refractivity contribution is 5.98. The summed E-state index contributed by atoms with van der Waals surface area (Å²) in [6.45, 7) is 5.36. The fourth-order valence-corrected chi connectivity index (χ4v) is 7.09. The second-order valence-electron chi connectivity index (χ2n) is 13.9. The third kappa shape index (κ3) is 9.97. The van der Waals surface area contributed by atoms with Gasteiger partial charge in [0.1, 0.15) is 12.2 Å². The zero-order valence-corrected chi connectivity index (χ0v) is 30.2. The van der Waals surface area contributed by atoms with E-state index >= 15 is 0 Å². The van der Waals surface area contributed by atoms with Crippen LogP contribution in [-0.4, -0.2) is 96.8 Å². The number of rotatable bonds is 23. The van der Waals surface area contributed by atoms with Crippen molar-refractivity contribution in [1.29, 1.82) is 0 Å². The molecule has 2 saturated heterocycles. The summed E-state index contributed by atoms with van der Waals surface area (Å²) in [5.41, 5.74) is -6.09. The van der Waals surface area contributed by atoms with Crippen molar-refractivity contribution in [2.75, 3.05) is 0 Å². The molecule has 2 aliphatic heterocycles. The number of aliphatic carboxylic acids is 3. The van der Waals surface area contributed by atoms with Gasteiger partial charge in [0.2, 0.25) is 23.1 Å². The van der Waals surface area contributed by atoms with E-state index in [0.29, 0.717) is 6.42 Å². The number of carboxylic acids is 3. The van der Waals surface area contributed by atoms with Gasteiger partial charge in [0, 0.05) is 19.8 Å². The van der Waals surface area contributed by atoms with E-state index in [4.69, 9.17) is 18.9 Å². The molecule has 0 saturated carbocycles. The number of benzene rings is 1. The Morgan fingerprint density at radius 1 is 0.923 bits per heavy atom. The standard InChI is InChI=1S/C38H54O14/c1-4-5-6-7-11-21-28(49-26(3)39)22-15-24-36-30(41)31(38(52-36,35(46)47)37(48,34(44)45)32(51-36)33(42)43)50-29(40)23-13-12-16-25(2)17-14-20-27-18-9-8-10-19-27/h8-10,12,16,18-19,25,28,30-32,41,48H,4-7,11,13-15,17,20-24H2,1-3H3,(H,42,43)(H,44,45)(H,46,47)/b16-12+/t25-,28?,30-,31-,32-,36?,37-,38?/m1/s1. The fourth-order valence-electron chi connectivity index (χ4n) is 7.09. The lowest BCUT2D eigenvalue weighted by Gasteiger charge is -2.48. The molecule has 2 fully saturated rings. The van der Waals surface area contributed by atoms with Gasteiger partial charge in [0.25, 0.3) is 0 Å². The molecule has 14 nitrogen and oxygen atoms in total. The number of carboxylic acid groups (broad SMARTS) is 3. The molecule has 0 amide bonds. The van der Waals surface area contributed by atoms with Crippen LogP contribution in [0.4, 0.5) is 0 Å². The quantitative estimate of drug-likeness (QED) is 0.0591. The molecule has 3 rings (SSSR count). The number of aliphatic hydroxyl groups excluding tert-OH is 1. The van der Waals surface area contributed by atoms with Crippen molar-refractivity contribution in [1.82, 2.24) is 0 Å². The molecule has 8 atom stereocenters. The van der Waals surface area contributed by atoms with Gasteiger partial charge in [-0.05, 0) is 62.8 Å². The summed E-state index contributed by atoms with van der Waals surface area (Å²) in [6.07, 6.45) is 3.43. The van der Waals surface area contributed by atoms with Crippen molar-refractivity contribution in [3.8, 4) is 0 Å². The van der Waals surface area contributed by atoms with E-state index < -0.39 is 77.7 Å². The van der Waals surface area contributed by atoms with Gasteiger partial charge in [-0.15, -0.1) is 0 Å². The largest absolute Gasteiger partial charge is 0.479 e. The Morgan fingerprint density at radius 3 is 2.21 bits per heavy atom. The van der Waals surface area contributed by atoms with E-state index in [2.05, 4.69) is 19.1 Å². The summed E-state index contributed by atoms with van der Waals surface area (Å²) in [6, 6.07) is 10.1. The van der Waals surface area contributed by atoms with Gasteiger partial charge in [0.15, 0.2) is 6.10 Å². The minimum Gasteiger partial charge on any atom is -0.479 e. The van der Waals surface area contributed by atoms with Gasteiger partial charge in [-0.1, -0.05) is 82.0 Å². The highest BCUT2D eigenvalue weighted by Gasteiger charge is 2.85. The van der Waals surface area contributed by atoms with Crippen LogP contribution < -0.4 is 0 Å². The van der Waals surface area contributed by atoms with E-state index in [0.717, 1.165) is 51.4 Å². The highest BCUT2D eigenvalue weighted by Crippen LogP contribution is 2.55. The number of hydrogen-bond acceptors (Lipinski definition) is 11.